The predicted octanol–water partition coefficient (Wildman–Crippen LogP) is 9.16. The summed E-state index contributed by atoms with van der Waals surface area (Å²) in [5.74, 6) is 1.47. The number of nitrogens with zero attached hydrogens (tertiary/aromatic N) is 3. The number of hydrogen-bond donors (Lipinski definition) is 2. The quantitative estimate of drug-likeness (QED) is 0.0185. The number of methoxy groups -OCH3 is 2. The fourth-order valence-electron chi connectivity index (χ4n) is 6.61. The Morgan fingerprint density at radius 3 is 1.95 bits per heavy atom. The van der Waals surface area contributed by atoms with Crippen LogP contribution in [0, 0.1) is 21.4 Å². The number of ether oxygens (including phenoxy) is 3. The van der Waals surface area contributed by atoms with Crippen molar-refractivity contribution in [1.29, 1.82) is 5.26 Å². The largest absolute Gasteiger partial charge is 0.497 e. The van der Waals surface area contributed by atoms with E-state index in [1.54, 1.807) is 33.3 Å². The summed E-state index contributed by atoms with van der Waals surface area (Å²) >= 11 is 0. The van der Waals surface area contributed by atoms with Gasteiger partial charge in [0, 0.05) is 31.3 Å². The lowest BCUT2D eigenvalue weighted by Gasteiger charge is -2.36. The summed E-state index contributed by atoms with van der Waals surface area (Å²) < 4.78 is 32.3. The minimum absolute atomic E-state index is 0.0674. The van der Waals surface area contributed by atoms with Crippen LogP contribution in [0.4, 0.5) is 5.69 Å². The van der Waals surface area contributed by atoms with Gasteiger partial charge in [-0.15, -0.1) is 0 Å². The van der Waals surface area contributed by atoms with E-state index in [0.29, 0.717) is 25.0 Å². The molecule has 0 bridgehead atoms. The molecule has 4 aromatic carbocycles. The number of benzene rings is 4. The molecule has 300 valence electrons. The molecular weight excluding hydrogens is 731 g/mol. The molecule has 0 aliphatic carbocycles. The van der Waals surface area contributed by atoms with Gasteiger partial charge in [-0.2, -0.15) is 5.26 Å². The van der Waals surface area contributed by atoms with E-state index in [9.17, 15) is 15.2 Å². The lowest BCUT2D eigenvalue weighted by Crippen LogP contribution is -2.34. The summed E-state index contributed by atoms with van der Waals surface area (Å²) in [5, 5.41) is 35.4. The van der Waals surface area contributed by atoms with Crippen LogP contribution >= 0.6 is 8.53 Å². The van der Waals surface area contributed by atoms with Gasteiger partial charge >= 0.3 is 0 Å². The molecule has 0 saturated carbocycles. The van der Waals surface area contributed by atoms with Gasteiger partial charge in [-0.25, -0.2) is 4.67 Å². The molecule has 0 aliphatic rings. The van der Waals surface area contributed by atoms with E-state index < -0.39 is 31.4 Å². The predicted molar refractivity (Wildman–Crippen MR) is 218 cm³/mol. The molecule has 56 heavy (non-hydrogen) atoms. The highest BCUT2D eigenvalue weighted by molar-refractivity contribution is 7.44. The van der Waals surface area contributed by atoms with Gasteiger partial charge in [0.2, 0.25) is 0 Å². The molecule has 0 radical (unpaired) electrons. The summed E-state index contributed by atoms with van der Waals surface area (Å²) in [6.45, 7) is 10.7. The minimum atomic E-state index is -1.62. The van der Waals surface area contributed by atoms with E-state index >= 15 is 0 Å². The molecule has 0 aromatic heterocycles. The Morgan fingerprint density at radius 2 is 1.43 bits per heavy atom. The number of nitro groups is 1. The van der Waals surface area contributed by atoms with Gasteiger partial charge in [0.25, 0.3) is 14.2 Å². The SMILES string of the molecule is COc1ccc(C(OCCCC(O)NCc2ccc([N+](=O)[O-])c(C(C)OP(OCCC#N)N(C(C)C)C(C)C)c2)(c2ccccc2)c2ccc(OC)cc2)cc1. The molecule has 4 aromatic rings. The Labute approximate surface area is 332 Å². The van der Waals surface area contributed by atoms with Crippen molar-refractivity contribution < 1.29 is 33.3 Å². The van der Waals surface area contributed by atoms with E-state index in [0.717, 1.165) is 33.8 Å². The monoisotopic (exact) mass is 786 g/mol. The first kappa shape index (κ1) is 44.3. The molecule has 13 heteroatoms. The summed E-state index contributed by atoms with van der Waals surface area (Å²) in [4.78, 5) is 11.7. The van der Waals surface area contributed by atoms with Gasteiger partial charge in [-0.3, -0.25) is 15.4 Å². The molecule has 2 N–H and O–H groups in total. The zero-order valence-corrected chi connectivity index (χ0v) is 34.3. The topological polar surface area (TPSA) is 149 Å². The molecule has 0 spiro atoms. The normalized spacial score (nSPS) is 13.4. The number of nitriles is 1. The van der Waals surface area contributed by atoms with Crippen molar-refractivity contribution in [2.45, 2.75) is 90.4 Å². The zero-order chi connectivity index (χ0) is 40.7. The summed E-state index contributed by atoms with van der Waals surface area (Å²) in [6.07, 6.45) is -0.434. The van der Waals surface area contributed by atoms with E-state index in [1.165, 1.54) is 6.07 Å². The maximum Gasteiger partial charge on any atom is 0.275 e. The Morgan fingerprint density at radius 1 is 0.857 bits per heavy atom. The number of hydrogen-bond acceptors (Lipinski definition) is 11. The van der Waals surface area contributed by atoms with Gasteiger partial charge in [-0.05, 0) is 100 Å². The molecule has 0 fully saturated rings. The summed E-state index contributed by atoms with van der Waals surface area (Å²) in [6, 6.07) is 32.8. The van der Waals surface area contributed by atoms with E-state index in [2.05, 4.69) is 16.1 Å². The van der Waals surface area contributed by atoms with E-state index in [-0.39, 0.29) is 37.3 Å². The second kappa shape index (κ2) is 21.8. The van der Waals surface area contributed by atoms with Crippen LogP contribution in [-0.2, 0) is 25.9 Å². The van der Waals surface area contributed by atoms with Gasteiger partial charge in [-0.1, -0.05) is 60.7 Å². The molecule has 4 rings (SSSR count). The molecule has 3 atom stereocenters. The summed E-state index contributed by atoms with van der Waals surface area (Å²) in [5.41, 5.74) is 2.90. The van der Waals surface area contributed by atoms with Crippen LogP contribution in [0.2, 0.25) is 0 Å². The number of nitro benzene ring substituents is 1. The van der Waals surface area contributed by atoms with Crippen molar-refractivity contribution in [1.82, 2.24) is 9.99 Å². The van der Waals surface area contributed by atoms with Gasteiger partial charge in [0.15, 0.2) is 0 Å². The summed E-state index contributed by atoms with van der Waals surface area (Å²) in [7, 11) is 1.65. The third-order valence-electron chi connectivity index (χ3n) is 9.29. The number of rotatable bonds is 23. The third kappa shape index (κ3) is 11.6. The van der Waals surface area contributed by atoms with Crippen LogP contribution in [0.3, 0.4) is 0 Å². The number of aliphatic hydroxyl groups excluding tert-OH is 1. The van der Waals surface area contributed by atoms with E-state index in [1.807, 2.05) is 107 Å². The van der Waals surface area contributed by atoms with Crippen LogP contribution < -0.4 is 14.8 Å². The molecule has 0 amide bonds. The van der Waals surface area contributed by atoms with Crippen molar-refractivity contribution >= 4 is 14.2 Å². The molecule has 0 saturated heterocycles. The maximum absolute atomic E-state index is 12.1. The van der Waals surface area contributed by atoms with Crippen LogP contribution in [0.25, 0.3) is 0 Å². The first-order valence-corrected chi connectivity index (χ1v) is 20.0. The first-order chi connectivity index (χ1) is 26.9. The van der Waals surface area contributed by atoms with E-state index in [4.69, 9.17) is 28.5 Å². The number of nitrogens with one attached hydrogen (secondary N) is 1. The van der Waals surface area contributed by atoms with Crippen LogP contribution in [0.15, 0.2) is 97.1 Å². The fourth-order valence-corrected chi connectivity index (χ4v) is 8.30. The second-order valence-electron chi connectivity index (χ2n) is 13.8. The first-order valence-electron chi connectivity index (χ1n) is 18.9. The van der Waals surface area contributed by atoms with Gasteiger partial charge < -0.3 is 28.4 Å². The average Bonchev–Trinajstić information content (AvgIpc) is 3.20. The Balaban J connectivity index is 1.48. The lowest BCUT2D eigenvalue weighted by molar-refractivity contribution is -0.386. The molecule has 0 heterocycles. The maximum atomic E-state index is 12.1. The van der Waals surface area contributed by atoms with Crippen LogP contribution in [0.5, 0.6) is 11.5 Å². The smallest absolute Gasteiger partial charge is 0.275 e. The highest BCUT2D eigenvalue weighted by atomic mass is 31.2. The van der Waals surface area contributed by atoms with Crippen molar-refractivity contribution in [2.75, 3.05) is 27.4 Å². The lowest BCUT2D eigenvalue weighted by atomic mass is 9.80. The molecule has 12 nitrogen and oxygen atoms in total. The van der Waals surface area contributed by atoms with Crippen molar-refractivity contribution in [3.63, 3.8) is 0 Å². The van der Waals surface area contributed by atoms with Crippen LogP contribution in [0.1, 0.15) is 87.8 Å². The van der Waals surface area contributed by atoms with Gasteiger partial charge in [0.05, 0.1) is 49.9 Å². The van der Waals surface area contributed by atoms with Crippen LogP contribution in [-0.4, -0.2) is 60.4 Å². The average molecular weight is 787 g/mol. The number of aliphatic hydroxyl groups is 1. The molecule has 0 aliphatic heterocycles. The Kier molecular flexibility index (Phi) is 17.2. The standard InChI is InChI=1S/C43H55N4O8P/c1-31(2)46(32(3)4)56(54-28-12-26-44)55-33(5)40-29-34(16-25-41(40)47(49)50)30-45-42(48)15-11-27-53-43(35-13-9-8-10-14-35,36-17-21-38(51-6)22-18-36)37-19-23-39(52-7)24-20-37/h8-10,13-14,16-25,29,31-33,42,45,48H,11-12,15,27-28,30H2,1-7H3. The zero-order valence-electron chi connectivity index (χ0n) is 33.4. The van der Waals surface area contributed by atoms with Crippen molar-refractivity contribution in [3.05, 3.63) is 135 Å². The minimum Gasteiger partial charge on any atom is -0.497 e. The third-order valence-corrected chi connectivity index (χ3v) is 11.5. The Bertz CT molecular complexity index is 1780. The highest BCUT2D eigenvalue weighted by Crippen LogP contribution is 2.50. The van der Waals surface area contributed by atoms with Gasteiger partial charge in [0.1, 0.15) is 23.3 Å². The molecular formula is C43H55N4O8P. The fraction of sp³-hybridized carbons (Fsp3) is 0.419. The second-order valence-corrected chi connectivity index (χ2v) is 15.2. The van der Waals surface area contributed by atoms with Crippen molar-refractivity contribution in [2.24, 2.45) is 0 Å². The highest BCUT2D eigenvalue weighted by Gasteiger charge is 2.38. The Hall–Kier alpha value is -4.44. The van der Waals surface area contributed by atoms with Crippen molar-refractivity contribution in [3.8, 4) is 17.6 Å². The molecule has 3 unspecified atom stereocenters.